The first-order valence-electron chi connectivity index (χ1n) is 6.74. The number of nitrogens with one attached hydrogen (secondary N) is 1. The van der Waals surface area contributed by atoms with Gasteiger partial charge in [-0.25, -0.2) is 4.79 Å². The third-order valence-electron chi connectivity index (χ3n) is 3.80. The summed E-state index contributed by atoms with van der Waals surface area (Å²) in [6.07, 6.45) is 4.63. The fraction of sp³-hybridized carbons (Fsp3) is 0.833. The van der Waals surface area contributed by atoms with Gasteiger partial charge in [-0.2, -0.15) is 0 Å². The number of amides is 3. The smallest absolute Gasteiger partial charge is 0.324 e. The van der Waals surface area contributed by atoms with Crippen molar-refractivity contribution in [3.05, 3.63) is 0 Å². The summed E-state index contributed by atoms with van der Waals surface area (Å²) in [4.78, 5) is 26.6. The average molecular weight is 254 g/mol. The molecule has 2 aliphatic rings. The summed E-state index contributed by atoms with van der Waals surface area (Å²) in [5, 5.41) is 2.54. The van der Waals surface area contributed by atoms with E-state index in [0.717, 1.165) is 19.5 Å². The molecule has 102 valence electrons. The van der Waals surface area contributed by atoms with Gasteiger partial charge in [-0.05, 0) is 32.4 Å². The second-order valence-electron chi connectivity index (χ2n) is 4.97. The van der Waals surface area contributed by atoms with E-state index in [0.29, 0.717) is 19.1 Å². The quantitative estimate of drug-likeness (QED) is 0.663. The fourth-order valence-corrected chi connectivity index (χ4v) is 2.78. The lowest BCUT2D eigenvalue weighted by Crippen LogP contribution is -2.45. The van der Waals surface area contributed by atoms with Gasteiger partial charge in [-0.1, -0.05) is 6.42 Å². The van der Waals surface area contributed by atoms with Gasteiger partial charge in [0.25, 0.3) is 0 Å². The lowest BCUT2D eigenvalue weighted by atomic mass is 9.99. The molecule has 2 heterocycles. The van der Waals surface area contributed by atoms with Crippen molar-refractivity contribution in [1.29, 1.82) is 0 Å². The molecule has 0 saturated carbocycles. The minimum absolute atomic E-state index is 0.118. The largest absolute Gasteiger partial charge is 0.330 e. The maximum Gasteiger partial charge on any atom is 0.324 e. The van der Waals surface area contributed by atoms with Crippen LogP contribution in [0.1, 0.15) is 25.7 Å². The third kappa shape index (κ3) is 3.00. The second-order valence-corrected chi connectivity index (χ2v) is 4.97. The van der Waals surface area contributed by atoms with Gasteiger partial charge in [0.05, 0.1) is 6.54 Å². The number of rotatable bonds is 5. The molecule has 6 nitrogen and oxygen atoms in total. The van der Waals surface area contributed by atoms with Gasteiger partial charge < -0.3 is 11.1 Å². The summed E-state index contributed by atoms with van der Waals surface area (Å²) < 4.78 is 0. The summed E-state index contributed by atoms with van der Waals surface area (Å²) in [5.41, 5.74) is 5.63. The number of imide groups is 1. The molecule has 3 N–H and O–H groups in total. The molecule has 0 bridgehead atoms. The molecule has 2 saturated heterocycles. The zero-order valence-corrected chi connectivity index (χ0v) is 10.7. The molecule has 1 unspecified atom stereocenters. The van der Waals surface area contributed by atoms with Gasteiger partial charge in [0.2, 0.25) is 5.91 Å². The first-order valence-corrected chi connectivity index (χ1v) is 6.74. The molecule has 1 atom stereocenters. The lowest BCUT2D eigenvalue weighted by Gasteiger charge is -2.36. The van der Waals surface area contributed by atoms with Crippen LogP contribution in [0.2, 0.25) is 0 Å². The molecular formula is C12H22N4O2. The van der Waals surface area contributed by atoms with Crippen molar-refractivity contribution >= 4 is 11.9 Å². The van der Waals surface area contributed by atoms with Crippen LogP contribution in [-0.4, -0.2) is 60.5 Å². The standard InChI is InChI=1S/C12H22N4O2/c13-5-4-10-3-1-2-6-15(10)7-8-16-11(17)9-14-12(16)18/h10H,1-9,13H2,(H,14,18). The Balaban J connectivity index is 1.83. The van der Waals surface area contributed by atoms with Crippen molar-refractivity contribution in [3.8, 4) is 0 Å². The Bertz CT molecular complexity index is 303. The average Bonchev–Trinajstić information content (AvgIpc) is 2.69. The van der Waals surface area contributed by atoms with E-state index in [4.69, 9.17) is 5.73 Å². The maximum atomic E-state index is 11.5. The first kappa shape index (κ1) is 13.3. The van der Waals surface area contributed by atoms with Crippen molar-refractivity contribution < 1.29 is 9.59 Å². The van der Waals surface area contributed by atoms with Crippen molar-refractivity contribution in [2.24, 2.45) is 5.73 Å². The lowest BCUT2D eigenvalue weighted by molar-refractivity contribution is -0.125. The summed E-state index contributed by atoms with van der Waals surface area (Å²) in [5.74, 6) is -0.118. The van der Waals surface area contributed by atoms with E-state index in [2.05, 4.69) is 10.2 Å². The number of hydrogen-bond acceptors (Lipinski definition) is 4. The van der Waals surface area contributed by atoms with E-state index < -0.39 is 0 Å². The minimum atomic E-state index is -0.257. The van der Waals surface area contributed by atoms with E-state index in [1.165, 1.54) is 24.2 Å². The predicted octanol–water partition coefficient (Wildman–Crippen LogP) is -0.258. The van der Waals surface area contributed by atoms with Crippen LogP contribution in [0.5, 0.6) is 0 Å². The second kappa shape index (κ2) is 6.15. The van der Waals surface area contributed by atoms with Crippen molar-refractivity contribution in [1.82, 2.24) is 15.1 Å². The van der Waals surface area contributed by atoms with Crippen LogP contribution in [0.15, 0.2) is 0 Å². The monoisotopic (exact) mass is 254 g/mol. The topological polar surface area (TPSA) is 78.7 Å². The Kier molecular flexibility index (Phi) is 4.54. The highest BCUT2D eigenvalue weighted by molar-refractivity contribution is 6.01. The van der Waals surface area contributed by atoms with E-state index >= 15 is 0 Å². The van der Waals surface area contributed by atoms with Crippen molar-refractivity contribution in [2.45, 2.75) is 31.7 Å². The van der Waals surface area contributed by atoms with Crippen LogP contribution in [0, 0.1) is 0 Å². The van der Waals surface area contributed by atoms with Crippen LogP contribution in [-0.2, 0) is 4.79 Å². The number of carbonyl (C=O) groups is 2. The van der Waals surface area contributed by atoms with Crippen LogP contribution >= 0.6 is 0 Å². The molecule has 3 amide bonds. The number of hydrogen-bond donors (Lipinski definition) is 2. The fourth-order valence-electron chi connectivity index (χ4n) is 2.78. The van der Waals surface area contributed by atoms with Gasteiger partial charge in [0.1, 0.15) is 0 Å². The SMILES string of the molecule is NCCC1CCCCN1CCN1C(=O)CNC1=O. The minimum Gasteiger partial charge on any atom is -0.330 e. The molecule has 2 aliphatic heterocycles. The van der Waals surface area contributed by atoms with Gasteiger partial charge in [-0.3, -0.25) is 14.6 Å². The van der Waals surface area contributed by atoms with E-state index in [9.17, 15) is 9.59 Å². The number of nitrogens with two attached hydrogens (primary N) is 1. The molecule has 0 spiro atoms. The van der Waals surface area contributed by atoms with Crippen LogP contribution in [0.3, 0.4) is 0 Å². The van der Waals surface area contributed by atoms with Gasteiger partial charge >= 0.3 is 6.03 Å². The van der Waals surface area contributed by atoms with Crippen molar-refractivity contribution in [2.75, 3.05) is 32.7 Å². The zero-order valence-electron chi connectivity index (χ0n) is 10.7. The van der Waals surface area contributed by atoms with Crippen LogP contribution < -0.4 is 11.1 Å². The number of nitrogens with zero attached hydrogens (tertiary/aromatic N) is 2. The third-order valence-corrected chi connectivity index (χ3v) is 3.80. The molecule has 2 rings (SSSR count). The number of carbonyl (C=O) groups excluding carboxylic acids is 2. The maximum absolute atomic E-state index is 11.5. The van der Waals surface area contributed by atoms with Gasteiger partial charge in [0.15, 0.2) is 0 Å². The molecule has 0 aliphatic carbocycles. The van der Waals surface area contributed by atoms with Crippen LogP contribution in [0.4, 0.5) is 4.79 Å². The molecule has 0 radical (unpaired) electrons. The zero-order chi connectivity index (χ0) is 13.0. The van der Waals surface area contributed by atoms with Crippen molar-refractivity contribution in [3.63, 3.8) is 0 Å². The number of likely N-dealkylation sites (tertiary alicyclic amines) is 1. The summed E-state index contributed by atoms with van der Waals surface area (Å²) in [6, 6.07) is 0.261. The Hall–Kier alpha value is -1.14. The molecule has 0 aromatic carbocycles. The molecule has 0 aromatic rings. The molecule has 18 heavy (non-hydrogen) atoms. The molecule has 0 aromatic heterocycles. The van der Waals surface area contributed by atoms with Crippen LogP contribution in [0.25, 0.3) is 0 Å². The van der Waals surface area contributed by atoms with E-state index in [1.807, 2.05) is 0 Å². The summed E-state index contributed by atoms with van der Waals surface area (Å²) >= 11 is 0. The Morgan fingerprint density at radius 1 is 1.28 bits per heavy atom. The molecule has 6 heteroatoms. The number of piperidine rings is 1. The highest BCUT2D eigenvalue weighted by Gasteiger charge is 2.29. The van der Waals surface area contributed by atoms with E-state index in [1.54, 1.807) is 0 Å². The molecular weight excluding hydrogens is 232 g/mol. The predicted molar refractivity (Wildman–Crippen MR) is 68.0 cm³/mol. The normalized spacial score (nSPS) is 25.6. The van der Waals surface area contributed by atoms with E-state index in [-0.39, 0.29) is 18.5 Å². The first-order chi connectivity index (χ1) is 8.72. The highest BCUT2D eigenvalue weighted by atomic mass is 16.2. The number of urea groups is 1. The van der Waals surface area contributed by atoms with Gasteiger partial charge in [0, 0.05) is 19.1 Å². The van der Waals surface area contributed by atoms with Gasteiger partial charge in [-0.15, -0.1) is 0 Å². The summed E-state index contributed by atoms with van der Waals surface area (Å²) in [7, 11) is 0. The Morgan fingerprint density at radius 2 is 2.11 bits per heavy atom. The Labute approximate surface area is 107 Å². The summed E-state index contributed by atoms with van der Waals surface area (Å²) in [6.45, 7) is 3.15. The Morgan fingerprint density at radius 3 is 2.78 bits per heavy atom. The highest BCUT2D eigenvalue weighted by Crippen LogP contribution is 2.19. The molecule has 2 fully saturated rings.